The van der Waals surface area contributed by atoms with Crippen LogP contribution in [0.3, 0.4) is 0 Å². The Morgan fingerprint density at radius 3 is 2.50 bits per heavy atom. The number of hydrogen-bond donors (Lipinski definition) is 1. The third-order valence-electron chi connectivity index (χ3n) is 5.07. The fourth-order valence-corrected chi connectivity index (χ4v) is 3.72. The van der Waals surface area contributed by atoms with Crippen LogP contribution in [-0.4, -0.2) is 14.7 Å². The SMILES string of the molecule is Cc1ccc(-c2c(CO)c(C)nc3c2ccn3Cc2ccc(Cl)cc2F)cc1. The molecular formula is C23H20ClFN2O. The average molecular weight is 395 g/mol. The lowest BCUT2D eigenvalue weighted by Gasteiger charge is -2.14. The summed E-state index contributed by atoms with van der Waals surface area (Å²) in [5, 5.41) is 11.3. The Hall–Kier alpha value is -2.69. The maximum absolute atomic E-state index is 14.3. The standard InChI is InChI=1S/C23H20ClFN2O/c1-14-3-5-16(6-4-14)22-19-9-10-27(23(19)26-15(2)20(22)13-28)12-17-7-8-18(24)11-21(17)25/h3-11,28H,12-13H2,1-2H3. The zero-order valence-electron chi connectivity index (χ0n) is 15.7. The van der Waals surface area contributed by atoms with E-state index in [0.29, 0.717) is 17.1 Å². The number of aryl methyl sites for hydroxylation is 2. The Labute approximate surface area is 168 Å². The van der Waals surface area contributed by atoms with Crippen LogP contribution in [-0.2, 0) is 13.2 Å². The van der Waals surface area contributed by atoms with E-state index in [0.717, 1.165) is 33.4 Å². The van der Waals surface area contributed by atoms with Gasteiger partial charge in [-0.25, -0.2) is 9.37 Å². The minimum Gasteiger partial charge on any atom is -0.392 e. The van der Waals surface area contributed by atoms with Crippen LogP contribution in [0.25, 0.3) is 22.2 Å². The monoisotopic (exact) mass is 394 g/mol. The summed E-state index contributed by atoms with van der Waals surface area (Å²) >= 11 is 5.86. The number of fused-ring (bicyclic) bond motifs is 1. The van der Waals surface area contributed by atoms with E-state index in [4.69, 9.17) is 16.6 Å². The number of benzene rings is 2. The summed E-state index contributed by atoms with van der Waals surface area (Å²) in [6, 6.07) is 14.9. The molecule has 4 rings (SSSR count). The number of halogens is 2. The van der Waals surface area contributed by atoms with Crippen molar-refractivity contribution in [2.24, 2.45) is 0 Å². The molecule has 0 unspecified atom stereocenters. The number of aliphatic hydroxyl groups excluding tert-OH is 1. The lowest BCUT2D eigenvalue weighted by molar-refractivity contribution is 0.281. The molecule has 3 nitrogen and oxygen atoms in total. The van der Waals surface area contributed by atoms with Crippen LogP contribution >= 0.6 is 11.6 Å². The summed E-state index contributed by atoms with van der Waals surface area (Å²) in [6.45, 7) is 4.20. The third-order valence-corrected chi connectivity index (χ3v) is 5.30. The Morgan fingerprint density at radius 1 is 1.07 bits per heavy atom. The summed E-state index contributed by atoms with van der Waals surface area (Å²) in [6.07, 6.45) is 1.91. The first-order valence-electron chi connectivity index (χ1n) is 9.08. The van der Waals surface area contributed by atoms with Crippen molar-refractivity contribution in [3.8, 4) is 11.1 Å². The summed E-state index contributed by atoms with van der Waals surface area (Å²) < 4.78 is 16.2. The molecule has 0 bridgehead atoms. The van der Waals surface area contributed by atoms with E-state index in [1.807, 2.05) is 30.7 Å². The molecule has 1 N–H and O–H groups in total. The van der Waals surface area contributed by atoms with E-state index in [9.17, 15) is 9.50 Å². The van der Waals surface area contributed by atoms with Crippen molar-refractivity contribution in [2.75, 3.05) is 0 Å². The predicted octanol–water partition coefficient (Wildman–Crippen LogP) is 5.65. The molecule has 0 atom stereocenters. The molecule has 2 aromatic heterocycles. The number of aromatic nitrogens is 2. The van der Waals surface area contributed by atoms with E-state index in [1.54, 1.807) is 12.1 Å². The zero-order chi connectivity index (χ0) is 19.8. The van der Waals surface area contributed by atoms with E-state index in [-0.39, 0.29) is 12.4 Å². The van der Waals surface area contributed by atoms with Gasteiger partial charge in [-0.2, -0.15) is 0 Å². The molecule has 0 radical (unpaired) electrons. The Kier molecular flexibility index (Phi) is 4.92. The van der Waals surface area contributed by atoms with Crippen LogP contribution in [0, 0.1) is 19.7 Å². The number of hydrogen-bond acceptors (Lipinski definition) is 2. The molecule has 2 aromatic carbocycles. The van der Waals surface area contributed by atoms with Crippen LogP contribution < -0.4 is 0 Å². The van der Waals surface area contributed by atoms with Crippen LogP contribution in [0.2, 0.25) is 5.02 Å². The van der Waals surface area contributed by atoms with Gasteiger partial charge in [-0.3, -0.25) is 0 Å². The molecule has 0 amide bonds. The van der Waals surface area contributed by atoms with Gasteiger partial charge >= 0.3 is 0 Å². The average Bonchev–Trinajstić information content (AvgIpc) is 3.06. The molecule has 2 heterocycles. The van der Waals surface area contributed by atoms with Crippen LogP contribution in [0.15, 0.2) is 54.7 Å². The highest BCUT2D eigenvalue weighted by atomic mass is 35.5. The molecule has 0 aliphatic heterocycles. The molecule has 4 aromatic rings. The maximum Gasteiger partial charge on any atom is 0.141 e. The van der Waals surface area contributed by atoms with Gasteiger partial charge in [-0.15, -0.1) is 0 Å². The minimum absolute atomic E-state index is 0.0883. The number of pyridine rings is 1. The largest absolute Gasteiger partial charge is 0.392 e. The van der Waals surface area contributed by atoms with E-state index < -0.39 is 0 Å². The molecule has 5 heteroatoms. The van der Waals surface area contributed by atoms with Gasteiger partial charge in [-0.05, 0) is 43.2 Å². The van der Waals surface area contributed by atoms with Crippen LogP contribution in [0.1, 0.15) is 22.4 Å². The first-order chi connectivity index (χ1) is 13.5. The normalized spacial score (nSPS) is 11.3. The molecule has 0 saturated heterocycles. The van der Waals surface area contributed by atoms with Crippen LogP contribution in [0.4, 0.5) is 4.39 Å². The van der Waals surface area contributed by atoms with Gasteiger partial charge in [0.1, 0.15) is 11.5 Å². The maximum atomic E-state index is 14.3. The van der Waals surface area contributed by atoms with E-state index in [2.05, 4.69) is 24.3 Å². The van der Waals surface area contributed by atoms with Gasteiger partial charge < -0.3 is 9.67 Å². The fraction of sp³-hybridized carbons (Fsp3) is 0.174. The van der Waals surface area contributed by atoms with Crippen molar-refractivity contribution in [2.45, 2.75) is 27.0 Å². The van der Waals surface area contributed by atoms with Gasteiger partial charge in [0.05, 0.1) is 13.2 Å². The highest BCUT2D eigenvalue weighted by Crippen LogP contribution is 2.34. The minimum atomic E-state index is -0.336. The molecule has 142 valence electrons. The number of rotatable bonds is 4. The molecule has 28 heavy (non-hydrogen) atoms. The molecule has 0 spiro atoms. The molecular weight excluding hydrogens is 375 g/mol. The summed E-state index contributed by atoms with van der Waals surface area (Å²) in [7, 11) is 0. The molecule has 0 saturated carbocycles. The fourth-order valence-electron chi connectivity index (χ4n) is 3.56. The second kappa shape index (κ2) is 7.38. The van der Waals surface area contributed by atoms with Crippen molar-refractivity contribution in [1.82, 2.24) is 9.55 Å². The Balaban J connectivity index is 1.89. The number of nitrogens with zero attached hydrogens (tertiary/aromatic N) is 2. The van der Waals surface area contributed by atoms with Crippen molar-refractivity contribution in [3.05, 3.63) is 88.0 Å². The second-order valence-corrected chi connectivity index (χ2v) is 7.43. The van der Waals surface area contributed by atoms with Crippen molar-refractivity contribution >= 4 is 22.6 Å². The highest BCUT2D eigenvalue weighted by molar-refractivity contribution is 6.30. The first kappa shape index (κ1) is 18.7. The summed E-state index contributed by atoms with van der Waals surface area (Å²) in [5.74, 6) is -0.336. The van der Waals surface area contributed by atoms with Gasteiger partial charge in [0.25, 0.3) is 0 Å². The van der Waals surface area contributed by atoms with E-state index in [1.165, 1.54) is 11.6 Å². The molecule has 0 aliphatic rings. The number of aliphatic hydroxyl groups is 1. The van der Waals surface area contributed by atoms with Crippen molar-refractivity contribution < 1.29 is 9.50 Å². The quantitative estimate of drug-likeness (QED) is 0.485. The summed E-state index contributed by atoms with van der Waals surface area (Å²) in [5.41, 5.74) is 6.06. The van der Waals surface area contributed by atoms with Gasteiger partial charge in [0, 0.05) is 33.4 Å². The van der Waals surface area contributed by atoms with Gasteiger partial charge in [0.2, 0.25) is 0 Å². The molecule has 0 fully saturated rings. The zero-order valence-corrected chi connectivity index (χ0v) is 16.5. The summed E-state index contributed by atoms with van der Waals surface area (Å²) in [4.78, 5) is 4.71. The second-order valence-electron chi connectivity index (χ2n) is 6.99. The lowest BCUT2D eigenvalue weighted by atomic mass is 9.96. The van der Waals surface area contributed by atoms with Gasteiger partial charge in [-0.1, -0.05) is 47.5 Å². The first-order valence-corrected chi connectivity index (χ1v) is 9.46. The highest BCUT2D eigenvalue weighted by Gasteiger charge is 2.17. The lowest BCUT2D eigenvalue weighted by Crippen LogP contribution is -2.04. The predicted molar refractivity (Wildman–Crippen MR) is 111 cm³/mol. The third kappa shape index (κ3) is 3.30. The van der Waals surface area contributed by atoms with Crippen molar-refractivity contribution in [3.63, 3.8) is 0 Å². The Bertz CT molecular complexity index is 1170. The topological polar surface area (TPSA) is 38.1 Å². The van der Waals surface area contributed by atoms with Crippen LogP contribution in [0.5, 0.6) is 0 Å². The smallest absolute Gasteiger partial charge is 0.141 e. The Morgan fingerprint density at radius 2 is 1.82 bits per heavy atom. The van der Waals surface area contributed by atoms with E-state index >= 15 is 0 Å². The van der Waals surface area contributed by atoms with Gasteiger partial charge in [0.15, 0.2) is 0 Å². The van der Waals surface area contributed by atoms with Crippen molar-refractivity contribution in [1.29, 1.82) is 0 Å². The molecule has 0 aliphatic carbocycles.